The molecule has 48 heavy (non-hydrogen) atoms. The van der Waals surface area contributed by atoms with Crippen LogP contribution in [0.25, 0.3) is 0 Å². The van der Waals surface area contributed by atoms with E-state index in [1.54, 1.807) is 0 Å². The van der Waals surface area contributed by atoms with Crippen LogP contribution in [0.4, 0.5) is 0 Å². The average molecular weight is 708 g/mol. The summed E-state index contributed by atoms with van der Waals surface area (Å²) in [5.74, 6) is 0.252. The highest BCUT2D eigenvalue weighted by molar-refractivity contribution is 7.97. The van der Waals surface area contributed by atoms with Gasteiger partial charge in [-0.15, -0.1) is 0 Å². The molecule has 0 unspecified atom stereocenters. The fourth-order valence-electron chi connectivity index (χ4n) is 5.85. The minimum absolute atomic E-state index is 0.0240. The first-order valence-electron chi connectivity index (χ1n) is 15.7. The van der Waals surface area contributed by atoms with Gasteiger partial charge in [-0.2, -0.15) is 8.42 Å². The maximum Gasteiger partial charge on any atom is 0.397 e. The first-order valence-corrected chi connectivity index (χ1v) is 18.7. The number of rotatable bonds is 16. The lowest BCUT2D eigenvalue weighted by molar-refractivity contribution is -0.183. The summed E-state index contributed by atoms with van der Waals surface area (Å²) >= 11 is 0. The molecule has 262 valence electrons. The van der Waals surface area contributed by atoms with Crippen molar-refractivity contribution in [2.45, 2.75) is 67.8 Å². The second kappa shape index (κ2) is 18.0. The zero-order valence-corrected chi connectivity index (χ0v) is 27.9. The topological polar surface area (TPSA) is 170 Å². The summed E-state index contributed by atoms with van der Waals surface area (Å²) in [6.45, 7) is -0.204. The van der Waals surface area contributed by atoms with Crippen molar-refractivity contribution >= 4 is 21.3 Å². The van der Waals surface area contributed by atoms with Crippen molar-refractivity contribution in [1.82, 2.24) is 0 Å². The monoisotopic (exact) mass is 707 g/mol. The van der Waals surface area contributed by atoms with Crippen molar-refractivity contribution in [2.24, 2.45) is 0 Å². The third-order valence-corrected chi connectivity index (χ3v) is 11.6. The molecule has 0 radical (unpaired) electrons. The minimum Gasteiger partial charge on any atom is -0.391 e. The molecular formula is C34H43O12S2+. The van der Waals surface area contributed by atoms with Crippen LogP contribution in [-0.2, 0) is 69.0 Å². The van der Waals surface area contributed by atoms with E-state index in [0.717, 1.165) is 16.7 Å². The molecular weight excluding hydrogens is 664 g/mol. The molecule has 2 aliphatic heterocycles. The highest BCUT2D eigenvalue weighted by Gasteiger charge is 2.54. The normalized spacial score (nSPS) is 28.6. The molecule has 2 saturated heterocycles. The van der Waals surface area contributed by atoms with E-state index in [4.69, 9.17) is 27.9 Å². The van der Waals surface area contributed by atoms with Crippen LogP contribution in [0.3, 0.4) is 0 Å². The maximum absolute atomic E-state index is 12.4. The maximum atomic E-state index is 12.4. The Bertz CT molecular complexity index is 1470. The van der Waals surface area contributed by atoms with E-state index in [1.807, 2.05) is 91.0 Å². The number of benzene rings is 3. The first kappa shape index (κ1) is 36.8. The van der Waals surface area contributed by atoms with Gasteiger partial charge in [0.2, 0.25) is 0 Å². The van der Waals surface area contributed by atoms with E-state index in [9.17, 15) is 28.3 Å². The molecule has 14 heteroatoms. The smallest absolute Gasteiger partial charge is 0.391 e. The Morgan fingerprint density at radius 1 is 0.812 bits per heavy atom. The van der Waals surface area contributed by atoms with E-state index in [2.05, 4.69) is 0 Å². The van der Waals surface area contributed by atoms with Crippen LogP contribution < -0.4 is 0 Å². The van der Waals surface area contributed by atoms with Crippen molar-refractivity contribution < 1.29 is 56.2 Å². The molecule has 5 rings (SSSR count). The van der Waals surface area contributed by atoms with Gasteiger partial charge in [0, 0.05) is 10.9 Å². The molecule has 9 atom stereocenters. The molecule has 0 bridgehead atoms. The largest absolute Gasteiger partial charge is 0.397 e. The summed E-state index contributed by atoms with van der Waals surface area (Å²) in [6.07, 6.45) is -7.74. The number of ether oxygens (including phenoxy) is 5. The van der Waals surface area contributed by atoms with E-state index >= 15 is 0 Å². The molecule has 0 aliphatic carbocycles. The lowest BCUT2D eigenvalue weighted by Gasteiger charge is -2.35. The van der Waals surface area contributed by atoms with E-state index in [0.29, 0.717) is 0 Å². The van der Waals surface area contributed by atoms with Gasteiger partial charge in [0.25, 0.3) is 0 Å². The quantitative estimate of drug-likeness (QED) is 0.126. The molecule has 0 saturated carbocycles. The highest BCUT2D eigenvalue weighted by atomic mass is 32.3. The second-order valence-corrected chi connectivity index (χ2v) is 15.1. The Balaban J connectivity index is 1.46. The van der Waals surface area contributed by atoms with E-state index in [-0.39, 0.29) is 51.3 Å². The van der Waals surface area contributed by atoms with Gasteiger partial charge in [0.1, 0.15) is 61.0 Å². The van der Waals surface area contributed by atoms with Crippen molar-refractivity contribution in [3.05, 3.63) is 108 Å². The van der Waals surface area contributed by atoms with Crippen molar-refractivity contribution in [3.63, 3.8) is 0 Å². The Morgan fingerprint density at radius 3 is 1.98 bits per heavy atom. The predicted octanol–water partition coefficient (Wildman–Crippen LogP) is 2.02. The van der Waals surface area contributed by atoms with Crippen LogP contribution in [0, 0.1) is 0 Å². The molecule has 4 N–H and O–H groups in total. The lowest BCUT2D eigenvalue weighted by Crippen LogP contribution is -2.54. The zero-order chi connectivity index (χ0) is 33.9. The Morgan fingerprint density at radius 2 is 1.40 bits per heavy atom. The number of aliphatic hydroxyl groups is 3. The SMILES string of the molecule is O=S(=O)(O)O[C@H]1[C@H](OCc2ccccc2)[C@@H]([C@@H](COCc2ccccc2)OCc2ccccc2)OCO[C@@H]1C[S@+]1C[C@@H](O)[C@H](O)[C@H]1CO. The van der Waals surface area contributed by atoms with Gasteiger partial charge in [-0.3, -0.25) is 4.55 Å². The lowest BCUT2D eigenvalue weighted by atomic mass is 9.99. The van der Waals surface area contributed by atoms with Gasteiger partial charge in [-0.25, -0.2) is 4.18 Å². The number of hydrogen-bond donors (Lipinski definition) is 4. The molecule has 0 spiro atoms. The van der Waals surface area contributed by atoms with E-state index < -0.39 is 69.3 Å². The summed E-state index contributed by atoms with van der Waals surface area (Å²) in [7, 11) is -5.86. The van der Waals surface area contributed by atoms with Crippen LogP contribution in [0.5, 0.6) is 0 Å². The van der Waals surface area contributed by atoms with Gasteiger partial charge in [0.05, 0.1) is 33.0 Å². The molecule has 2 heterocycles. The fraction of sp³-hybridized carbons (Fsp3) is 0.471. The fourth-order valence-corrected chi connectivity index (χ4v) is 9.13. The standard InChI is InChI=1S/C34H42O12S2/c35-16-30-31(37)27(36)21-47(30)22-29-33(46-48(38,39)40)34(43-19-26-14-8-3-9-15-26)32(45-23-44-29)28(42-18-25-12-6-2-7-13-25)20-41-17-24-10-4-1-5-11-24/h1-15,27-37H,16-23H2/p+1/t27-,28-,29-,30-,31+,32-,33-,34-,47+/m1/s1. The zero-order valence-electron chi connectivity index (χ0n) is 26.3. The molecule has 3 aromatic carbocycles. The van der Waals surface area contributed by atoms with Crippen molar-refractivity contribution in [3.8, 4) is 0 Å². The van der Waals surface area contributed by atoms with Gasteiger partial charge >= 0.3 is 10.4 Å². The molecule has 2 fully saturated rings. The summed E-state index contributed by atoms with van der Waals surface area (Å²) in [5.41, 5.74) is 2.61. The Hall–Kier alpha value is -2.44. The molecule has 2 aliphatic rings. The highest BCUT2D eigenvalue weighted by Crippen LogP contribution is 2.32. The van der Waals surface area contributed by atoms with Crippen LogP contribution in [0.15, 0.2) is 91.0 Å². The van der Waals surface area contributed by atoms with Gasteiger partial charge in [0.15, 0.2) is 5.25 Å². The first-order chi connectivity index (χ1) is 23.2. The predicted molar refractivity (Wildman–Crippen MR) is 177 cm³/mol. The van der Waals surface area contributed by atoms with E-state index in [1.165, 1.54) is 0 Å². The van der Waals surface area contributed by atoms with Gasteiger partial charge < -0.3 is 39.0 Å². The summed E-state index contributed by atoms with van der Waals surface area (Å²) < 4.78 is 71.3. The number of aliphatic hydroxyl groups excluding tert-OH is 3. The third kappa shape index (κ3) is 10.5. The van der Waals surface area contributed by atoms with Crippen LogP contribution in [-0.4, -0.2) is 108 Å². The second-order valence-electron chi connectivity index (χ2n) is 11.7. The molecule has 0 aromatic heterocycles. The average Bonchev–Trinajstić information content (AvgIpc) is 3.25. The van der Waals surface area contributed by atoms with Gasteiger partial charge in [-0.1, -0.05) is 91.0 Å². The summed E-state index contributed by atoms with van der Waals surface area (Å²) in [6, 6.07) is 28.3. The van der Waals surface area contributed by atoms with Crippen molar-refractivity contribution in [2.75, 3.05) is 31.5 Å². The molecule has 3 aromatic rings. The van der Waals surface area contributed by atoms with Gasteiger partial charge in [-0.05, 0) is 16.7 Å². The Labute approximate surface area is 283 Å². The third-order valence-electron chi connectivity index (χ3n) is 8.29. The van der Waals surface area contributed by atoms with Crippen LogP contribution >= 0.6 is 0 Å². The van der Waals surface area contributed by atoms with Crippen LogP contribution in [0.2, 0.25) is 0 Å². The van der Waals surface area contributed by atoms with Crippen molar-refractivity contribution in [1.29, 1.82) is 0 Å². The Kier molecular flexibility index (Phi) is 13.8. The molecule has 0 amide bonds. The summed E-state index contributed by atoms with van der Waals surface area (Å²) in [4.78, 5) is 0. The van der Waals surface area contributed by atoms with Crippen LogP contribution in [0.1, 0.15) is 16.7 Å². The summed E-state index contributed by atoms with van der Waals surface area (Å²) in [5, 5.41) is 30.2. The minimum atomic E-state index is -5.05. The number of hydrogen-bond acceptors (Lipinski definition) is 11. The molecule has 12 nitrogen and oxygen atoms in total.